The van der Waals surface area contributed by atoms with Crippen molar-refractivity contribution in [1.29, 1.82) is 0 Å². The van der Waals surface area contributed by atoms with Crippen molar-refractivity contribution < 1.29 is 13.2 Å². The lowest BCUT2D eigenvalue weighted by molar-refractivity contribution is -0.111. The molecule has 0 saturated carbocycles. The smallest absolute Gasteiger partial charge is 0.252 e. The van der Waals surface area contributed by atoms with Crippen LogP contribution in [0.3, 0.4) is 0 Å². The Labute approximate surface area is 135 Å². The molecule has 122 valence electrons. The van der Waals surface area contributed by atoms with E-state index in [0.29, 0.717) is 17.3 Å². The Morgan fingerprint density at radius 1 is 1.32 bits per heavy atom. The molecule has 1 unspecified atom stereocenters. The Hall–Kier alpha value is -0.470. The largest absolute Gasteiger partial charge is 0.368 e. The summed E-state index contributed by atoms with van der Waals surface area (Å²) in [5.74, 6) is 0. The highest BCUT2D eigenvalue weighted by Gasteiger charge is 2.53. The fraction of sp³-hybridized carbons (Fsp3) is 0.733. The Bertz CT molecular complexity index is 617. The number of ether oxygens (including phenoxy) is 1. The van der Waals surface area contributed by atoms with Gasteiger partial charge < -0.3 is 9.64 Å². The van der Waals surface area contributed by atoms with Gasteiger partial charge in [0.1, 0.15) is 4.21 Å². The summed E-state index contributed by atoms with van der Waals surface area (Å²) >= 11 is 1.28. The van der Waals surface area contributed by atoms with Crippen LogP contribution in [0, 0.1) is 0 Å². The van der Waals surface area contributed by atoms with Crippen LogP contribution in [0.25, 0.3) is 0 Å². The first-order chi connectivity index (χ1) is 10.6. The summed E-state index contributed by atoms with van der Waals surface area (Å²) in [5.41, 5.74) is -0.214. The van der Waals surface area contributed by atoms with Crippen LogP contribution in [0.1, 0.15) is 25.7 Å². The molecule has 1 aromatic heterocycles. The van der Waals surface area contributed by atoms with Crippen LogP contribution in [-0.4, -0.2) is 62.1 Å². The van der Waals surface area contributed by atoms with Crippen molar-refractivity contribution in [3.63, 3.8) is 0 Å². The maximum atomic E-state index is 12.4. The Morgan fingerprint density at radius 3 is 2.77 bits per heavy atom. The van der Waals surface area contributed by atoms with Crippen molar-refractivity contribution in [2.45, 2.75) is 41.6 Å². The van der Waals surface area contributed by atoms with E-state index in [1.54, 1.807) is 21.8 Å². The molecule has 7 heteroatoms. The first-order valence-electron chi connectivity index (χ1n) is 8.01. The van der Waals surface area contributed by atoms with Gasteiger partial charge in [0.15, 0.2) is 0 Å². The monoisotopic (exact) mass is 342 g/mol. The van der Waals surface area contributed by atoms with Gasteiger partial charge in [-0.3, -0.25) is 0 Å². The zero-order valence-corrected chi connectivity index (χ0v) is 14.2. The van der Waals surface area contributed by atoms with E-state index in [1.165, 1.54) is 37.3 Å². The van der Waals surface area contributed by atoms with Gasteiger partial charge >= 0.3 is 0 Å². The SMILES string of the molecule is O=S(=O)(c1cccs1)N1CC2(CCC(CN3CCCC3)O2)C1. The summed E-state index contributed by atoms with van der Waals surface area (Å²) in [6, 6.07) is 3.46. The van der Waals surface area contributed by atoms with Crippen LogP contribution >= 0.6 is 11.3 Å². The van der Waals surface area contributed by atoms with Gasteiger partial charge in [0.05, 0.1) is 11.7 Å². The van der Waals surface area contributed by atoms with E-state index in [2.05, 4.69) is 4.90 Å². The molecule has 0 bridgehead atoms. The second kappa shape index (κ2) is 5.56. The summed E-state index contributed by atoms with van der Waals surface area (Å²) < 4.78 is 33.1. The van der Waals surface area contributed by atoms with Crippen LogP contribution in [0.2, 0.25) is 0 Å². The number of thiophene rings is 1. The van der Waals surface area contributed by atoms with Crippen LogP contribution in [0.5, 0.6) is 0 Å². The summed E-state index contributed by atoms with van der Waals surface area (Å²) in [6.07, 6.45) is 4.92. The number of nitrogens with zero attached hydrogens (tertiary/aromatic N) is 2. The van der Waals surface area contributed by atoms with Gasteiger partial charge in [-0.2, -0.15) is 4.31 Å². The van der Waals surface area contributed by atoms with E-state index in [4.69, 9.17) is 4.74 Å². The predicted molar refractivity (Wildman–Crippen MR) is 85.6 cm³/mol. The molecule has 4 rings (SSSR count). The third kappa shape index (κ3) is 2.63. The molecule has 4 heterocycles. The third-order valence-electron chi connectivity index (χ3n) is 5.02. The van der Waals surface area contributed by atoms with Crippen molar-refractivity contribution in [1.82, 2.24) is 9.21 Å². The zero-order valence-electron chi connectivity index (χ0n) is 12.6. The van der Waals surface area contributed by atoms with E-state index in [9.17, 15) is 8.42 Å². The molecule has 22 heavy (non-hydrogen) atoms. The van der Waals surface area contributed by atoms with Crippen molar-refractivity contribution in [3.05, 3.63) is 17.5 Å². The van der Waals surface area contributed by atoms with Gasteiger partial charge in [-0.1, -0.05) is 6.07 Å². The summed E-state index contributed by atoms with van der Waals surface area (Å²) in [4.78, 5) is 2.47. The number of rotatable bonds is 4. The maximum absolute atomic E-state index is 12.4. The standard InChI is InChI=1S/C15H22N2O3S2/c18-22(19,14-4-3-9-21-14)17-11-15(12-17)6-5-13(20-15)10-16-7-1-2-8-16/h3-4,9,13H,1-2,5-8,10-12H2. The molecule has 5 nitrogen and oxygen atoms in total. The van der Waals surface area contributed by atoms with E-state index < -0.39 is 10.0 Å². The second-order valence-corrected chi connectivity index (χ2v) is 9.79. The lowest BCUT2D eigenvalue weighted by Gasteiger charge is -2.46. The molecule has 1 atom stereocenters. The average Bonchev–Trinajstić information content (AvgIpc) is 3.19. The molecule has 3 aliphatic heterocycles. The Morgan fingerprint density at radius 2 is 2.09 bits per heavy atom. The Kier molecular flexibility index (Phi) is 3.81. The predicted octanol–water partition coefficient (Wildman–Crippen LogP) is 1.77. The van der Waals surface area contributed by atoms with Crippen LogP contribution in [0.15, 0.2) is 21.7 Å². The van der Waals surface area contributed by atoms with Crippen molar-refractivity contribution in [2.75, 3.05) is 32.7 Å². The highest BCUT2D eigenvalue weighted by Crippen LogP contribution is 2.41. The minimum atomic E-state index is -3.30. The van der Waals surface area contributed by atoms with Crippen molar-refractivity contribution in [3.8, 4) is 0 Å². The topological polar surface area (TPSA) is 49.9 Å². The molecule has 0 aromatic carbocycles. The van der Waals surface area contributed by atoms with E-state index in [0.717, 1.165) is 19.4 Å². The molecular formula is C15H22N2O3S2. The normalized spacial score (nSPS) is 29.2. The van der Waals surface area contributed by atoms with Crippen LogP contribution in [0.4, 0.5) is 0 Å². The lowest BCUT2D eigenvalue weighted by Crippen LogP contribution is -2.63. The van der Waals surface area contributed by atoms with E-state index in [1.807, 2.05) is 0 Å². The fourth-order valence-electron chi connectivity index (χ4n) is 3.81. The minimum Gasteiger partial charge on any atom is -0.368 e. The quantitative estimate of drug-likeness (QED) is 0.837. The first-order valence-corrected chi connectivity index (χ1v) is 10.3. The average molecular weight is 342 g/mol. The Balaban J connectivity index is 1.35. The fourth-order valence-corrected chi connectivity index (χ4v) is 6.55. The molecule has 0 radical (unpaired) electrons. The minimum absolute atomic E-state index is 0.214. The first kappa shape index (κ1) is 15.1. The second-order valence-electron chi connectivity index (χ2n) is 6.67. The summed E-state index contributed by atoms with van der Waals surface area (Å²) in [5, 5.41) is 1.81. The number of sulfonamides is 1. The molecule has 3 aliphatic rings. The molecule has 3 saturated heterocycles. The molecule has 3 fully saturated rings. The number of hydrogen-bond donors (Lipinski definition) is 0. The van der Waals surface area contributed by atoms with Gasteiger partial charge in [-0.05, 0) is 50.2 Å². The molecular weight excluding hydrogens is 320 g/mol. The highest BCUT2D eigenvalue weighted by molar-refractivity contribution is 7.91. The summed E-state index contributed by atoms with van der Waals surface area (Å²) in [6.45, 7) is 4.42. The molecule has 0 amide bonds. The molecule has 0 aliphatic carbocycles. The summed E-state index contributed by atoms with van der Waals surface area (Å²) in [7, 11) is -3.30. The highest BCUT2D eigenvalue weighted by atomic mass is 32.2. The zero-order chi connectivity index (χ0) is 15.2. The third-order valence-corrected chi connectivity index (χ3v) is 8.18. The van der Waals surface area contributed by atoms with Gasteiger partial charge in [0.2, 0.25) is 0 Å². The number of hydrogen-bond acceptors (Lipinski definition) is 5. The molecule has 1 aromatic rings. The van der Waals surface area contributed by atoms with Crippen LogP contribution in [-0.2, 0) is 14.8 Å². The van der Waals surface area contributed by atoms with Crippen molar-refractivity contribution in [2.24, 2.45) is 0 Å². The molecule has 0 N–H and O–H groups in total. The van der Waals surface area contributed by atoms with E-state index in [-0.39, 0.29) is 11.7 Å². The van der Waals surface area contributed by atoms with Crippen LogP contribution < -0.4 is 0 Å². The van der Waals surface area contributed by atoms with Crippen molar-refractivity contribution >= 4 is 21.4 Å². The van der Waals surface area contributed by atoms with Gasteiger partial charge in [-0.25, -0.2) is 8.42 Å². The lowest BCUT2D eigenvalue weighted by atomic mass is 9.93. The number of likely N-dealkylation sites (tertiary alicyclic amines) is 1. The molecule has 1 spiro atoms. The van der Waals surface area contributed by atoms with Gasteiger partial charge in [-0.15, -0.1) is 11.3 Å². The van der Waals surface area contributed by atoms with E-state index >= 15 is 0 Å². The van der Waals surface area contributed by atoms with Gasteiger partial charge in [0, 0.05) is 19.6 Å². The maximum Gasteiger partial charge on any atom is 0.252 e. The van der Waals surface area contributed by atoms with Gasteiger partial charge in [0.25, 0.3) is 10.0 Å².